The Morgan fingerprint density at radius 2 is 2.25 bits per heavy atom. The van der Waals surface area contributed by atoms with Crippen molar-refractivity contribution in [1.29, 1.82) is 0 Å². The molecule has 1 amide bonds. The van der Waals surface area contributed by atoms with Crippen LogP contribution in [0.25, 0.3) is 0 Å². The fourth-order valence-electron chi connectivity index (χ4n) is 1.75. The molecule has 0 N–H and O–H groups in total. The summed E-state index contributed by atoms with van der Waals surface area (Å²) in [6, 6.07) is 0.449. The number of hydrogen-bond acceptors (Lipinski definition) is 3. The number of rotatable bonds is 2. The van der Waals surface area contributed by atoms with Crippen LogP contribution in [0.3, 0.4) is 0 Å². The highest BCUT2D eigenvalue weighted by Gasteiger charge is 2.38. The molecule has 1 fully saturated rings. The number of carbonyl (C=O) groups excluding carboxylic acids is 1. The smallest absolute Gasteiger partial charge is 0.252 e. The third kappa shape index (κ3) is 2.04. The van der Waals surface area contributed by atoms with Crippen LogP contribution in [0, 0.1) is 0 Å². The van der Waals surface area contributed by atoms with Gasteiger partial charge in [0.15, 0.2) is 5.17 Å². The molecule has 1 aliphatic heterocycles. The van der Waals surface area contributed by atoms with Crippen LogP contribution in [0.15, 0.2) is 21.3 Å². The molecule has 0 radical (unpaired) electrons. The highest BCUT2D eigenvalue weighted by Crippen LogP contribution is 2.33. The molecule has 1 saturated carbocycles. The zero-order chi connectivity index (χ0) is 11.7. The topological polar surface area (TPSA) is 45.0 Å². The Kier molecular flexibility index (Phi) is 3.14. The van der Waals surface area contributed by atoms with Gasteiger partial charge in [-0.15, -0.1) is 0 Å². The van der Waals surface area contributed by atoms with Crippen LogP contribution < -0.4 is 0 Å². The first-order valence-corrected chi connectivity index (χ1v) is 6.50. The van der Waals surface area contributed by atoms with Crippen LogP contribution in [-0.4, -0.2) is 41.5 Å². The van der Waals surface area contributed by atoms with Gasteiger partial charge in [0.2, 0.25) is 0 Å². The largest absolute Gasteiger partial charge is 0.330 e. The average Bonchev–Trinajstić information content (AvgIpc) is 3.08. The fraction of sp³-hybridized carbons (Fsp3) is 0.545. The molecular formula is C11H15N3OS. The Bertz CT molecular complexity index is 396. The van der Waals surface area contributed by atoms with Gasteiger partial charge >= 0.3 is 0 Å². The molecule has 0 bridgehead atoms. The van der Waals surface area contributed by atoms with Crippen molar-refractivity contribution >= 4 is 29.6 Å². The molecule has 5 heteroatoms. The molecule has 0 saturated heterocycles. The lowest BCUT2D eigenvalue weighted by Crippen LogP contribution is -2.28. The Hall–Kier alpha value is -1.10. The minimum absolute atomic E-state index is 0.130. The van der Waals surface area contributed by atoms with Gasteiger partial charge in [0.25, 0.3) is 5.91 Å². The Balaban J connectivity index is 2.18. The maximum absolute atomic E-state index is 11.9. The van der Waals surface area contributed by atoms with Gasteiger partial charge < -0.3 is 4.90 Å². The van der Waals surface area contributed by atoms with Gasteiger partial charge in [0, 0.05) is 11.6 Å². The van der Waals surface area contributed by atoms with E-state index in [2.05, 4.69) is 16.7 Å². The van der Waals surface area contributed by atoms with Crippen molar-refractivity contribution in [2.24, 2.45) is 9.98 Å². The first-order valence-electron chi connectivity index (χ1n) is 5.27. The molecule has 1 aliphatic carbocycles. The molecule has 0 aromatic rings. The summed E-state index contributed by atoms with van der Waals surface area (Å²) in [4.78, 5) is 22.0. The lowest BCUT2D eigenvalue weighted by atomic mass is 10.3. The molecule has 86 valence electrons. The minimum Gasteiger partial charge on any atom is -0.330 e. The van der Waals surface area contributed by atoms with Crippen molar-refractivity contribution < 1.29 is 4.79 Å². The second-order valence-corrected chi connectivity index (χ2v) is 4.77. The monoisotopic (exact) mass is 237 g/mol. The van der Waals surface area contributed by atoms with E-state index >= 15 is 0 Å². The Labute approximate surface area is 99.5 Å². The lowest BCUT2D eigenvalue weighted by Gasteiger charge is -2.14. The highest BCUT2D eigenvalue weighted by atomic mass is 32.2. The molecule has 0 aromatic heterocycles. The first-order chi connectivity index (χ1) is 7.67. The Morgan fingerprint density at radius 1 is 1.56 bits per heavy atom. The molecular weight excluding hydrogens is 222 g/mol. The van der Waals surface area contributed by atoms with Crippen molar-refractivity contribution in [3.8, 4) is 0 Å². The lowest BCUT2D eigenvalue weighted by molar-refractivity contribution is -0.125. The van der Waals surface area contributed by atoms with Crippen LogP contribution in [-0.2, 0) is 4.79 Å². The molecule has 0 atom stereocenters. The van der Waals surface area contributed by atoms with Crippen LogP contribution in [0.2, 0.25) is 0 Å². The van der Waals surface area contributed by atoms with Crippen LogP contribution in [0.4, 0.5) is 0 Å². The molecule has 0 aromatic carbocycles. The number of thioether (sulfide) groups is 1. The summed E-state index contributed by atoms with van der Waals surface area (Å²) in [5, 5.41) is 0.625. The van der Waals surface area contributed by atoms with Crippen LogP contribution in [0.1, 0.15) is 19.8 Å². The Morgan fingerprint density at radius 3 is 2.75 bits per heavy atom. The number of aliphatic imine (C=N–C) groups is 2. The normalized spacial score (nSPS) is 22.0. The SMILES string of the molecule is C=NC(=NC1=C(C)C(=O)N(C2CC2)C1)SC. The van der Waals surface area contributed by atoms with E-state index in [4.69, 9.17) is 0 Å². The van der Waals surface area contributed by atoms with Gasteiger partial charge in [0.1, 0.15) is 0 Å². The van der Waals surface area contributed by atoms with Crippen LogP contribution >= 0.6 is 11.8 Å². The molecule has 4 nitrogen and oxygen atoms in total. The van der Waals surface area contributed by atoms with Gasteiger partial charge in [-0.1, -0.05) is 11.8 Å². The van der Waals surface area contributed by atoms with Crippen molar-refractivity contribution in [2.75, 3.05) is 12.8 Å². The maximum atomic E-state index is 11.9. The molecule has 2 aliphatic rings. The van der Waals surface area contributed by atoms with Gasteiger partial charge in [-0.25, -0.2) is 9.98 Å². The number of carbonyl (C=O) groups is 1. The number of amides is 1. The van der Waals surface area contributed by atoms with E-state index < -0.39 is 0 Å². The van der Waals surface area contributed by atoms with E-state index in [0.717, 1.165) is 24.1 Å². The molecule has 16 heavy (non-hydrogen) atoms. The predicted molar refractivity (Wildman–Crippen MR) is 67.9 cm³/mol. The standard InChI is InChI=1S/C11H15N3OS/c1-7-9(13-11(12-2)16-3)6-14(10(7)15)8-4-5-8/h8H,2,4-6H2,1,3H3. The third-order valence-corrected chi connectivity index (χ3v) is 3.46. The summed E-state index contributed by atoms with van der Waals surface area (Å²) in [5.74, 6) is 0.130. The molecule has 0 unspecified atom stereocenters. The summed E-state index contributed by atoms with van der Waals surface area (Å²) in [6.45, 7) is 5.93. The summed E-state index contributed by atoms with van der Waals surface area (Å²) in [7, 11) is 0. The number of amidine groups is 1. The highest BCUT2D eigenvalue weighted by molar-refractivity contribution is 8.13. The van der Waals surface area contributed by atoms with Crippen molar-refractivity contribution in [1.82, 2.24) is 4.90 Å². The zero-order valence-electron chi connectivity index (χ0n) is 9.56. The van der Waals surface area contributed by atoms with E-state index in [1.807, 2.05) is 18.1 Å². The van der Waals surface area contributed by atoms with E-state index in [9.17, 15) is 4.79 Å². The minimum atomic E-state index is 0.130. The summed E-state index contributed by atoms with van der Waals surface area (Å²) >= 11 is 1.44. The van der Waals surface area contributed by atoms with E-state index in [1.165, 1.54) is 11.8 Å². The quantitative estimate of drug-likeness (QED) is 0.542. The predicted octanol–water partition coefficient (Wildman–Crippen LogP) is 1.68. The van der Waals surface area contributed by atoms with Gasteiger partial charge in [-0.05, 0) is 32.7 Å². The maximum Gasteiger partial charge on any atom is 0.252 e. The van der Waals surface area contributed by atoms with Crippen molar-refractivity contribution in [3.63, 3.8) is 0 Å². The number of hydrogen-bond donors (Lipinski definition) is 0. The van der Waals surface area contributed by atoms with E-state index in [1.54, 1.807) is 0 Å². The third-order valence-electron chi connectivity index (χ3n) is 2.87. The summed E-state index contributed by atoms with van der Waals surface area (Å²) in [6.07, 6.45) is 4.16. The van der Waals surface area contributed by atoms with E-state index in [-0.39, 0.29) is 5.91 Å². The second kappa shape index (κ2) is 4.41. The van der Waals surface area contributed by atoms with Gasteiger partial charge in [-0.2, -0.15) is 0 Å². The number of nitrogens with zero attached hydrogens (tertiary/aromatic N) is 3. The fourth-order valence-corrected chi connectivity index (χ4v) is 2.08. The first kappa shape index (κ1) is 11.4. The molecule has 2 rings (SSSR count). The summed E-state index contributed by atoms with van der Waals surface area (Å²) < 4.78 is 0. The van der Waals surface area contributed by atoms with Gasteiger partial charge in [-0.3, -0.25) is 4.79 Å². The van der Waals surface area contributed by atoms with Crippen molar-refractivity contribution in [3.05, 3.63) is 11.3 Å². The molecule has 0 spiro atoms. The van der Waals surface area contributed by atoms with Crippen LogP contribution in [0.5, 0.6) is 0 Å². The second-order valence-electron chi connectivity index (χ2n) is 3.99. The van der Waals surface area contributed by atoms with E-state index in [0.29, 0.717) is 17.8 Å². The zero-order valence-corrected chi connectivity index (χ0v) is 10.4. The van der Waals surface area contributed by atoms with Gasteiger partial charge in [0.05, 0.1) is 12.2 Å². The van der Waals surface area contributed by atoms with Crippen molar-refractivity contribution in [2.45, 2.75) is 25.8 Å². The molecule has 1 heterocycles. The average molecular weight is 237 g/mol. The summed E-state index contributed by atoms with van der Waals surface area (Å²) in [5.41, 5.74) is 1.59.